The molecular weight excluding hydrogens is 942 g/mol. The van der Waals surface area contributed by atoms with Crippen molar-refractivity contribution in [3.8, 4) is 5.69 Å². The number of rotatable bonds is 15. The lowest BCUT2D eigenvalue weighted by Gasteiger charge is -2.28. The summed E-state index contributed by atoms with van der Waals surface area (Å²) in [6.45, 7) is -0.767. The van der Waals surface area contributed by atoms with Gasteiger partial charge in [-0.15, -0.1) is 0 Å². The third kappa shape index (κ3) is 8.84. The normalized spacial score (nSPS) is 19.2. The van der Waals surface area contributed by atoms with Gasteiger partial charge in [0.15, 0.2) is 11.5 Å². The Morgan fingerprint density at radius 2 is 1.72 bits per heavy atom. The van der Waals surface area contributed by atoms with E-state index in [0.717, 1.165) is 23.0 Å². The average molecular weight is 982 g/mol. The fourth-order valence-corrected chi connectivity index (χ4v) is 10.2. The smallest absolute Gasteiger partial charge is 0.293 e. The van der Waals surface area contributed by atoms with Crippen molar-refractivity contribution in [2.75, 3.05) is 24.7 Å². The van der Waals surface area contributed by atoms with E-state index < -0.39 is 112 Å². The number of pyridine rings is 1. The lowest BCUT2D eigenvalue weighted by molar-refractivity contribution is -0.123. The van der Waals surface area contributed by atoms with Crippen LogP contribution in [0, 0.1) is 17.6 Å². The van der Waals surface area contributed by atoms with Crippen LogP contribution in [0.2, 0.25) is 5.02 Å². The van der Waals surface area contributed by atoms with Crippen LogP contribution < -0.4 is 15.6 Å². The minimum Gasteiger partial charge on any atom is -0.385 e. The molecule has 0 aliphatic heterocycles. The van der Waals surface area contributed by atoms with E-state index in [-0.39, 0.29) is 87.8 Å². The maximum Gasteiger partial charge on any atom is 0.293 e. The molecule has 9 rings (SSSR count). The Hall–Kier alpha value is -5.68. The van der Waals surface area contributed by atoms with Gasteiger partial charge >= 0.3 is 0 Å². The van der Waals surface area contributed by atoms with Gasteiger partial charge in [0.25, 0.3) is 17.9 Å². The van der Waals surface area contributed by atoms with E-state index in [2.05, 4.69) is 25.2 Å². The molecule has 2 fully saturated rings. The van der Waals surface area contributed by atoms with Crippen molar-refractivity contribution in [2.45, 2.75) is 94.2 Å². The first-order chi connectivity index (χ1) is 31.6. The van der Waals surface area contributed by atoms with Crippen LogP contribution in [0.4, 0.5) is 40.9 Å². The molecule has 3 atom stereocenters. The predicted octanol–water partition coefficient (Wildman–Crippen LogP) is 8.21. The Morgan fingerprint density at radius 1 is 1.00 bits per heavy atom. The summed E-state index contributed by atoms with van der Waals surface area (Å²) >= 11 is 6.74. The summed E-state index contributed by atoms with van der Waals surface area (Å²) in [5, 5.41) is 10.7. The van der Waals surface area contributed by atoms with Crippen LogP contribution in [0.1, 0.15) is 96.9 Å². The number of methoxy groups -OCH3 is 1. The highest BCUT2D eigenvalue weighted by Gasteiger charge is 2.67. The van der Waals surface area contributed by atoms with Gasteiger partial charge in [0.05, 0.1) is 39.3 Å². The molecule has 4 heterocycles. The summed E-state index contributed by atoms with van der Waals surface area (Å²) in [6.07, 6.45) is -3.33. The van der Waals surface area contributed by atoms with Gasteiger partial charge in [-0.3, -0.25) is 28.2 Å². The van der Waals surface area contributed by atoms with Crippen LogP contribution in [-0.4, -0.2) is 74.3 Å². The number of carbonyl (C=O) groups excluding carboxylic acids is 1. The lowest BCUT2D eigenvalue weighted by atomic mass is 9.84. The highest BCUT2D eigenvalue weighted by atomic mass is 35.5. The van der Waals surface area contributed by atoms with Gasteiger partial charge < -0.3 is 10.1 Å². The molecule has 4 aromatic heterocycles. The van der Waals surface area contributed by atoms with Gasteiger partial charge in [0.1, 0.15) is 35.4 Å². The molecule has 0 radical (unpaired) electrons. The van der Waals surface area contributed by atoms with Gasteiger partial charge in [-0.2, -0.15) is 19.0 Å². The number of halogens is 9. The minimum atomic E-state index is -3.99. The van der Waals surface area contributed by atoms with Crippen molar-refractivity contribution >= 4 is 55.3 Å². The van der Waals surface area contributed by atoms with Crippen LogP contribution in [0.5, 0.6) is 0 Å². The zero-order valence-corrected chi connectivity index (χ0v) is 37.1. The molecule has 356 valence electrons. The van der Waals surface area contributed by atoms with Gasteiger partial charge in [-0.25, -0.2) is 44.7 Å². The maximum atomic E-state index is 15.6. The third-order valence-corrected chi connectivity index (χ3v) is 13.3. The maximum absolute atomic E-state index is 15.6. The number of aromatic nitrogens is 7. The molecule has 0 bridgehead atoms. The van der Waals surface area contributed by atoms with Crippen molar-refractivity contribution in [1.82, 2.24) is 39.4 Å². The minimum absolute atomic E-state index is 0.0138. The van der Waals surface area contributed by atoms with Gasteiger partial charge in [0, 0.05) is 68.7 Å². The Morgan fingerprint density at radius 3 is 2.39 bits per heavy atom. The second-order valence-electron chi connectivity index (χ2n) is 17.2. The summed E-state index contributed by atoms with van der Waals surface area (Å²) in [4.78, 5) is 38.9. The van der Waals surface area contributed by atoms with Crippen molar-refractivity contribution in [1.29, 1.82) is 0 Å². The molecule has 3 aliphatic rings. The molecule has 2 aromatic carbocycles. The molecule has 3 aliphatic carbocycles. The Balaban J connectivity index is 1.26. The first kappa shape index (κ1) is 46.4. The number of nitrogens with zero attached hydrogens (tertiary/aromatic N) is 7. The topological polar surface area (TPSA) is 168 Å². The summed E-state index contributed by atoms with van der Waals surface area (Å²) in [7, 11) is -2.54. The fraction of sp³-hybridized carbons (Fsp3) is 0.442. The highest BCUT2D eigenvalue weighted by molar-refractivity contribution is 7.92. The second-order valence-corrected chi connectivity index (χ2v) is 19.4. The van der Waals surface area contributed by atoms with E-state index in [1.807, 2.05) is 0 Å². The molecule has 0 spiro atoms. The van der Waals surface area contributed by atoms with Crippen LogP contribution in [-0.2, 0) is 45.0 Å². The molecule has 1 amide bonds. The number of alkyl halides is 6. The number of amides is 1. The lowest BCUT2D eigenvalue weighted by Crippen LogP contribution is -2.38. The quantitative estimate of drug-likeness (QED) is 0.0762. The number of aryl methyl sites for hydroxylation is 1. The molecule has 0 saturated heterocycles. The summed E-state index contributed by atoms with van der Waals surface area (Å²) in [6, 6.07) is 6.49. The van der Waals surface area contributed by atoms with Gasteiger partial charge in [0.2, 0.25) is 21.9 Å². The number of sulfonamides is 1. The van der Waals surface area contributed by atoms with Crippen molar-refractivity contribution in [3.63, 3.8) is 0 Å². The van der Waals surface area contributed by atoms with Crippen LogP contribution in [0.15, 0.2) is 47.3 Å². The molecule has 6 aromatic rings. The number of nitrogens with one attached hydrogen (secondary N) is 2. The van der Waals surface area contributed by atoms with Crippen molar-refractivity contribution in [3.05, 3.63) is 104 Å². The van der Waals surface area contributed by atoms with E-state index in [0.29, 0.717) is 22.9 Å². The number of carbonyl (C=O) groups is 1. The number of benzene rings is 2. The Labute approximate surface area is 380 Å². The van der Waals surface area contributed by atoms with E-state index in [9.17, 15) is 39.6 Å². The Bertz CT molecular complexity index is 3120. The standard InChI is InChI=1S/C43H40ClF8N9O5S/c1-66-13-3-12-59-35-30(7-5-27(44)33(35)39(57-59)58-67(2,64)65)61-40(55-38-24(41(61)63)4-6-28(54-38)21-8-10-42(49,50)11-9-21)29(16-20-14-22(45)17-23(46)15-20)53-31(62)19-60-36-32(34(56-60)37(47)48)25-18-26(25)43(36,51)52/h4-7,14-15,17,21,25-26,29,37H,3,8-13,16,18-19H2,1-2H3,(H,53,62)(H,57,58)/t25?,26-,29+/m1/s1. The summed E-state index contributed by atoms with van der Waals surface area (Å²) in [5.74, 6) is -12.8. The van der Waals surface area contributed by atoms with E-state index in [1.54, 1.807) is 0 Å². The first-order valence-electron chi connectivity index (χ1n) is 21.1. The fourth-order valence-electron chi connectivity index (χ4n) is 9.46. The highest BCUT2D eigenvalue weighted by Crippen LogP contribution is 2.68. The molecule has 14 nitrogen and oxygen atoms in total. The van der Waals surface area contributed by atoms with Gasteiger partial charge in [-0.1, -0.05) is 11.6 Å². The average Bonchev–Trinajstić information content (AvgIpc) is 3.76. The first-order valence-corrected chi connectivity index (χ1v) is 23.4. The van der Waals surface area contributed by atoms with Crippen LogP contribution in [0.3, 0.4) is 0 Å². The SMILES string of the molecule is COCCCn1nc(NS(C)(=O)=O)c2c(Cl)ccc(-n3c([C@H](Cc4cc(F)cc(F)c4)NC(=O)Cn4nc(C(F)F)c5c4C(F)(F)[C@@H]4CC54)nc4nc(C5CCC(F)(F)CC5)ccc4c3=O)c21. The zero-order chi connectivity index (χ0) is 47.9. The summed E-state index contributed by atoms with van der Waals surface area (Å²) in [5.41, 5.74) is -2.85. The van der Waals surface area contributed by atoms with Gasteiger partial charge in [-0.05, 0) is 73.6 Å². The number of hydrogen-bond donors (Lipinski definition) is 2. The molecular formula is C43H40ClF8N9O5S. The molecule has 2 saturated carbocycles. The third-order valence-electron chi connectivity index (χ3n) is 12.4. The predicted molar refractivity (Wildman–Crippen MR) is 227 cm³/mol. The monoisotopic (exact) mass is 981 g/mol. The second kappa shape index (κ2) is 17.1. The number of hydrogen-bond acceptors (Lipinski definition) is 9. The number of ether oxygens (including phenoxy) is 1. The van der Waals surface area contributed by atoms with Crippen molar-refractivity contribution < 1.29 is 53.1 Å². The van der Waals surface area contributed by atoms with Crippen LogP contribution in [0.25, 0.3) is 27.6 Å². The van der Waals surface area contributed by atoms with E-state index in [1.165, 1.54) is 36.1 Å². The molecule has 67 heavy (non-hydrogen) atoms. The Kier molecular flexibility index (Phi) is 11.9. The molecule has 24 heteroatoms. The van der Waals surface area contributed by atoms with E-state index in [4.69, 9.17) is 21.3 Å². The van der Waals surface area contributed by atoms with Crippen LogP contribution >= 0.6 is 11.6 Å². The number of fused-ring (bicyclic) bond motifs is 5. The zero-order valence-electron chi connectivity index (χ0n) is 35.5. The van der Waals surface area contributed by atoms with Crippen molar-refractivity contribution in [2.24, 2.45) is 5.92 Å². The molecule has 2 N–H and O–H groups in total. The summed E-state index contributed by atoms with van der Waals surface area (Å²) < 4.78 is 153. The number of anilines is 1. The largest absolute Gasteiger partial charge is 0.385 e. The van der Waals surface area contributed by atoms with E-state index >= 15 is 13.6 Å². The molecule has 1 unspecified atom stereocenters.